The van der Waals surface area contributed by atoms with E-state index in [-0.39, 0.29) is 16.8 Å². The van der Waals surface area contributed by atoms with Crippen molar-refractivity contribution in [3.63, 3.8) is 0 Å². The van der Waals surface area contributed by atoms with Gasteiger partial charge in [0.2, 0.25) is 0 Å². The average molecular weight is 478 g/mol. The maximum Gasteiger partial charge on any atom is 0.261 e. The van der Waals surface area contributed by atoms with Crippen molar-refractivity contribution in [1.29, 1.82) is 0 Å². The highest BCUT2D eigenvalue weighted by Crippen LogP contribution is 2.29. The van der Waals surface area contributed by atoms with E-state index in [1.54, 1.807) is 36.4 Å². The number of amides is 1. The van der Waals surface area contributed by atoms with Crippen LogP contribution >= 0.6 is 15.9 Å². The van der Waals surface area contributed by atoms with Gasteiger partial charge in [-0.3, -0.25) is 9.52 Å². The Balaban J connectivity index is 1.33. The van der Waals surface area contributed by atoms with E-state index in [1.807, 2.05) is 0 Å². The lowest BCUT2D eigenvalue weighted by Crippen LogP contribution is -2.45. The van der Waals surface area contributed by atoms with Crippen LogP contribution in [0.1, 0.15) is 36.0 Å². The smallest absolute Gasteiger partial charge is 0.261 e. The first-order valence-corrected chi connectivity index (χ1v) is 12.1. The van der Waals surface area contributed by atoms with Crippen molar-refractivity contribution in [2.75, 3.05) is 17.8 Å². The number of hydrogen-bond donors (Lipinski definition) is 2. The van der Waals surface area contributed by atoms with Crippen LogP contribution in [0, 0.1) is 0 Å². The number of sulfonamides is 1. The Labute approximate surface area is 179 Å². The molecular weight excluding hydrogens is 454 g/mol. The standard InChI is InChI=1S/C21H24BrN3O3S/c22-16-3-9-20(10-4-16)29(27,28)24-18-5-1-15(2-6-18)21(26)23-17-11-13-25(14-12-17)19-7-8-19/h1-6,9-10,17,19,24H,7-8,11-14H2,(H,23,26). The number of hydrogen-bond acceptors (Lipinski definition) is 4. The summed E-state index contributed by atoms with van der Waals surface area (Å²) in [5.74, 6) is -0.114. The minimum absolute atomic E-state index is 0.114. The fourth-order valence-corrected chi connectivity index (χ4v) is 4.96. The van der Waals surface area contributed by atoms with Gasteiger partial charge in [0.05, 0.1) is 4.90 Å². The van der Waals surface area contributed by atoms with Crippen molar-refractivity contribution < 1.29 is 13.2 Å². The van der Waals surface area contributed by atoms with Crippen molar-refractivity contribution >= 4 is 37.5 Å². The third-order valence-corrected chi connectivity index (χ3v) is 7.38. The Kier molecular flexibility index (Phi) is 5.94. The van der Waals surface area contributed by atoms with E-state index in [4.69, 9.17) is 0 Å². The van der Waals surface area contributed by atoms with Crippen molar-refractivity contribution in [3.05, 3.63) is 58.6 Å². The molecule has 1 heterocycles. The zero-order chi connectivity index (χ0) is 20.4. The monoisotopic (exact) mass is 477 g/mol. The summed E-state index contributed by atoms with van der Waals surface area (Å²) in [6.07, 6.45) is 4.59. The third kappa shape index (κ3) is 5.18. The van der Waals surface area contributed by atoms with Gasteiger partial charge < -0.3 is 10.2 Å². The van der Waals surface area contributed by atoms with E-state index >= 15 is 0 Å². The number of rotatable bonds is 6. The van der Waals surface area contributed by atoms with Gasteiger partial charge in [0.15, 0.2) is 0 Å². The quantitative estimate of drug-likeness (QED) is 0.665. The summed E-state index contributed by atoms with van der Waals surface area (Å²) >= 11 is 3.29. The number of anilines is 1. The van der Waals surface area contributed by atoms with Crippen LogP contribution in [-0.2, 0) is 10.0 Å². The molecule has 0 unspecified atom stereocenters. The summed E-state index contributed by atoms with van der Waals surface area (Å²) in [4.78, 5) is 15.2. The van der Waals surface area contributed by atoms with Crippen molar-refractivity contribution in [3.8, 4) is 0 Å². The molecule has 0 radical (unpaired) electrons. The molecule has 4 rings (SSSR count). The molecule has 2 N–H and O–H groups in total. The van der Waals surface area contributed by atoms with Crippen LogP contribution in [0.25, 0.3) is 0 Å². The first-order chi connectivity index (χ1) is 13.9. The molecule has 0 atom stereocenters. The molecule has 1 aliphatic heterocycles. The maximum atomic E-state index is 12.5. The van der Waals surface area contributed by atoms with Crippen LogP contribution in [-0.4, -0.2) is 44.4 Å². The predicted octanol–water partition coefficient (Wildman–Crippen LogP) is 3.61. The van der Waals surface area contributed by atoms with Gasteiger partial charge in [-0.25, -0.2) is 8.42 Å². The topological polar surface area (TPSA) is 78.5 Å². The highest BCUT2D eigenvalue weighted by molar-refractivity contribution is 9.10. The number of nitrogens with zero attached hydrogens (tertiary/aromatic N) is 1. The second-order valence-corrected chi connectivity index (χ2v) is 10.2. The minimum Gasteiger partial charge on any atom is -0.349 e. The molecule has 6 nitrogen and oxygen atoms in total. The highest BCUT2D eigenvalue weighted by atomic mass is 79.9. The Morgan fingerprint density at radius 2 is 1.55 bits per heavy atom. The van der Waals surface area contributed by atoms with E-state index in [2.05, 4.69) is 30.9 Å². The lowest BCUT2D eigenvalue weighted by atomic mass is 10.0. The first-order valence-electron chi connectivity index (χ1n) is 9.84. The molecule has 1 aliphatic carbocycles. The number of carbonyl (C=O) groups excluding carboxylic acids is 1. The van der Waals surface area contributed by atoms with Gasteiger partial charge in [-0.15, -0.1) is 0 Å². The van der Waals surface area contributed by atoms with Crippen LogP contribution in [0.4, 0.5) is 5.69 Å². The minimum atomic E-state index is -3.67. The van der Waals surface area contributed by atoms with Crippen LogP contribution < -0.4 is 10.0 Å². The second-order valence-electron chi connectivity index (χ2n) is 7.65. The molecule has 2 aromatic rings. The lowest BCUT2D eigenvalue weighted by molar-refractivity contribution is 0.0909. The SMILES string of the molecule is O=C(NC1CCN(C2CC2)CC1)c1ccc(NS(=O)(=O)c2ccc(Br)cc2)cc1. The highest BCUT2D eigenvalue weighted by Gasteiger charge is 2.32. The van der Waals surface area contributed by atoms with Crippen LogP contribution in [0.2, 0.25) is 0 Å². The third-order valence-electron chi connectivity index (χ3n) is 5.45. The number of piperidine rings is 1. The van der Waals surface area contributed by atoms with Gasteiger partial charge in [-0.05, 0) is 74.2 Å². The van der Waals surface area contributed by atoms with Crippen LogP contribution in [0.5, 0.6) is 0 Å². The zero-order valence-electron chi connectivity index (χ0n) is 16.0. The van der Waals surface area contributed by atoms with E-state index in [9.17, 15) is 13.2 Å². The Morgan fingerprint density at radius 3 is 2.14 bits per heavy atom. The van der Waals surface area contributed by atoms with Gasteiger partial charge in [0.1, 0.15) is 0 Å². The molecule has 1 amide bonds. The van der Waals surface area contributed by atoms with Gasteiger partial charge in [-0.1, -0.05) is 15.9 Å². The largest absolute Gasteiger partial charge is 0.349 e. The fourth-order valence-electron chi connectivity index (χ4n) is 3.63. The van der Waals surface area contributed by atoms with Crippen LogP contribution in [0.15, 0.2) is 57.9 Å². The van der Waals surface area contributed by atoms with Crippen molar-refractivity contribution in [2.24, 2.45) is 0 Å². The summed E-state index contributed by atoms with van der Waals surface area (Å²) in [6, 6.07) is 13.9. The number of halogens is 1. The van der Waals surface area contributed by atoms with Crippen molar-refractivity contribution in [2.45, 2.75) is 42.7 Å². The fraction of sp³-hybridized carbons (Fsp3) is 0.381. The molecule has 1 saturated carbocycles. The van der Waals surface area contributed by atoms with Gasteiger partial charge in [-0.2, -0.15) is 0 Å². The number of likely N-dealkylation sites (tertiary alicyclic amines) is 1. The molecule has 2 fully saturated rings. The van der Waals surface area contributed by atoms with E-state index in [0.29, 0.717) is 11.3 Å². The summed E-state index contributed by atoms with van der Waals surface area (Å²) in [7, 11) is -3.67. The summed E-state index contributed by atoms with van der Waals surface area (Å²) < 4.78 is 28.3. The molecule has 29 heavy (non-hydrogen) atoms. The van der Waals surface area contributed by atoms with Crippen molar-refractivity contribution in [1.82, 2.24) is 10.2 Å². The molecular formula is C21H24BrN3O3S. The zero-order valence-corrected chi connectivity index (χ0v) is 18.4. The maximum absolute atomic E-state index is 12.5. The van der Waals surface area contributed by atoms with E-state index in [1.165, 1.54) is 25.0 Å². The summed E-state index contributed by atoms with van der Waals surface area (Å²) in [6.45, 7) is 2.10. The molecule has 2 aliphatic rings. The summed E-state index contributed by atoms with van der Waals surface area (Å²) in [5, 5.41) is 3.11. The molecule has 0 aromatic heterocycles. The van der Waals surface area contributed by atoms with Gasteiger partial charge in [0.25, 0.3) is 15.9 Å². The number of carbonyl (C=O) groups is 1. The van der Waals surface area contributed by atoms with E-state index < -0.39 is 10.0 Å². The van der Waals surface area contributed by atoms with Gasteiger partial charge in [0, 0.05) is 40.9 Å². The molecule has 154 valence electrons. The number of nitrogens with one attached hydrogen (secondary N) is 2. The lowest BCUT2D eigenvalue weighted by Gasteiger charge is -2.32. The predicted molar refractivity (Wildman–Crippen MR) is 116 cm³/mol. The molecule has 0 spiro atoms. The van der Waals surface area contributed by atoms with Crippen LogP contribution in [0.3, 0.4) is 0 Å². The number of benzene rings is 2. The first kappa shape index (κ1) is 20.4. The molecule has 2 aromatic carbocycles. The molecule has 1 saturated heterocycles. The van der Waals surface area contributed by atoms with E-state index in [0.717, 1.165) is 36.4 Å². The Bertz CT molecular complexity index is 965. The molecule has 0 bridgehead atoms. The average Bonchev–Trinajstić information content (AvgIpc) is 3.54. The molecule has 8 heteroatoms. The summed E-state index contributed by atoms with van der Waals surface area (Å²) in [5.41, 5.74) is 0.948. The van der Waals surface area contributed by atoms with Gasteiger partial charge >= 0.3 is 0 Å². The second kappa shape index (κ2) is 8.45. The Hall–Kier alpha value is -1.90. The Morgan fingerprint density at radius 1 is 0.931 bits per heavy atom. The normalized spacial score (nSPS) is 18.4.